The zero-order valence-electron chi connectivity index (χ0n) is 17.7. The SMILES string of the molecule is Cc1ccc(S(=O)(=O)N[C@H](C(=O)OCC(=O)NC2CCCCC2)C(C)C)cc1C. The third kappa shape index (κ3) is 6.82. The fraction of sp³-hybridized carbons (Fsp3) is 0.619. The standard InChI is InChI=1S/C21H32N2O5S/c1-14(2)20(23-29(26,27)18-11-10-15(3)16(4)12-18)21(25)28-13-19(24)22-17-8-6-5-7-9-17/h10-12,14,17,20,23H,5-9,13H2,1-4H3,(H,22,24)/t20-/m0/s1. The maximum Gasteiger partial charge on any atom is 0.324 e. The van der Waals surface area contributed by atoms with Gasteiger partial charge in [0.1, 0.15) is 6.04 Å². The lowest BCUT2D eigenvalue weighted by molar-refractivity contribution is -0.151. The highest BCUT2D eigenvalue weighted by atomic mass is 32.2. The summed E-state index contributed by atoms with van der Waals surface area (Å²) >= 11 is 0. The molecule has 7 nitrogen and oxygen atoms in total. The number of hydrogen-bond acceptors (Lipinski definition) is 5. The highest BCUT2D eigenvalue weighted by Gasteiger charge is 2.30. The Hall–Kier alpha value is -1.93. The summed E-state index contributed by atoms with van der Waals surface area (Å²) in [6.07, 6.45) is 5.22. The van der Waals surface area contributed by atoms with Crippen molar-refractivity contribution in [2.75, 3.05) is 6.61 Å². The van der Waals surface area contributed by atoms with Gasteiger partial charge >= 0.3 is 5.97 Å². The Morgan fingerprint density at radius 3 is 2.34 bits per heavy atom. The van der Waals surface area contributed by atoms with Crippen LogP contribution in [-0.4, -0.2) is 39.0 Å². The fourth-order valence-electron chi connectivity index (χ4n) is 3.32. The van der Waals surface area contributed by atoms with Crippen LogP contribution in [0.4, 0.5) is 0 Å². The second-order valence-corrected chi connectivity index (χ2v) is 9.81. The quantitative estimate of drug-likeness (QED) is 0.625. The Labute approximate surface area is 173 Å². The lowest BCUT2D eigenvalue weighted by Gasteiger charge is -2.23. The van der Waals surface area contributed by atoms with Crippen molar-refractivity contribution in [3.63, 3.8) is 0 Å². The molecule has 0 unspecified atom stereocenters. The van der Waals surface area contributed by atoms with Gasteiger partial charge in [-0.25, -0.2) is 8.42 Å². The first-order valence-corrected chi connectivity index (χ1v) is 11.6. The van der Waals surface area contributed by atoms with E-state index in [1.165, 1.54) is 12.5 Å². The van der Waals surface area contributed by atoms with Gasteiger partial charge in [0.05, 0.1) is 4.90 Å². The molecule has 0 saturated heterocycles. The summed E-state index contributed by atoms with van der Waals surface area (Å²) < 4.78 is 33.0. The summed E-state index contributed by atoms with van der Waals surface area (Å²) in [4.78, 5) is 24.6. The van der Waals surface area contributed by atoms with Gasteiger partial charge in [-0.3, -0.25) is 9.59 Å². The lowest BCUT2D eigenvalue weighted by atomic mass is 9.95. The van der Waals surface area contributed by atoms with Gasteiger partial charge in [0.15, 0.2) is 6.61 Å². The lowest BCUT2D eigenvalue weighted by Crippen LogP contribution is -2.46. The van der Waals surface area contributed by atoms with Gasteiger partial charge in [-0.1, -0.05) is 39.2 Å². The number of carbonyl (C=O) groups is 2. The van der Waals surface area contributed by atoms with E-state index in [-0.39, 0.29) is 22.8 Å². The van der Waals surface area contributed by atoms with Crippen LogP contribution in [0.5, 0.6) is 0 Å². The minimum absolute atomic E-state index is 0.0918. The van der Waals surface area contributed by atoms with Crippen LogP contribution in [-0.2, 0) is 24.3 Å². The van der Waals surface area contributed by atoms with E-state index in [0.29, 0.717) is 0 Å². The number of esters is 1. The number of carbonyl (C=O) groups excluding carboxylic acids is 2. The topological polar surface area (TPSA) is 102 Å². The second kappa shape index (κ2) is 10.2. The number of rotatable bonds is 8. The van der Waals surface area contributed by atoms with Gasteiger partial charge in [-0.2, -0.15) is 4.72 Å². The van der Waals surface area contributed by atoms with Crippen molar-refractivity contribution in [1.29, 1.82) is 0 Å². The molecule has 8 heteroatoms. The van der Waals surface area contributed by atoms with Gasteiger partial charge in [0.25, 0.3) is 5.91 Å². The van der Waals surface area contributed by atoms with Crippen LogP contribution in [0.2, 0.25) is 0 Å². The summed E-state index contributed by atoms with van der Waals surface area (Å²) in [5.41, 5.74) is 1.82. The molecule has 1 saturated carbocycles. The third-order valence-corrected chi connectivity index (χ3v) is 6.75. The Morgan fingerprint density at radius 1 is 1.10 bits per heavy atom. The molecule has 1 atom stereocenters. The monoisotopic (exact) mass is 424 g/mol. The summed E-state index contributed by atoms with van der Waals surface area (Å²) in [7, 11) is -3.90. The molecule has 0 aliphatic heterocycles. The van der Waals surface area contributed by atoms with Crippen molar-refractivity contribution < 1.29 is 22.7 Å². The van der Waals surface area contributed by atoms with Crippen LogP contribution in [0.25, 0.3) is 0 Å². The van der Waals surface area contributed by atoms with Crippen LogP contribution in [0.1, 0.15) is 57.1 Å². The Kier molecular flexibility index (Phi) is 8.22. The molecule has 0 heterocycles. The van der Waals surface area contributed by atoms with E-state index < -0.39 is 28.6 Å². The number of nitrogens with one attached hydrogen (secondary N) is 2. The van der Waals surface area contributed by atoms with Crippen molar-refractivity contribution in [3.8, 4) is 0 Å². The van der Waals surface area contributed by atoms with Crippen molar-refractivity contribution in [3.05, 3.63) is 29.3 Å². The molecule has 1 aromatic carbocycles. The molecule has 2 rings (SSSR count). The zero-order valence-corrected chi connectivity index (χ0v) is 18.5. The molecule has 2 N–H and O–H groups in total. The Morgan fingerprint density at radius 2 is 1.76 bits per heavy atom. The summed E-state index contributed by atoms with van der Waals surface area (Å²) in [5, 5.41) is 2.87. The molecule has 162 valence electrons. The van der Waals surface area contributed by atoms with Gasteiger partial charge in [0.2, 0.25) is 10.0 Å². The van der Waals surface area contributed by atoms with Gasteiger partial charge in [-0.15, -0.1) is 0 Å². The van der Waals surface area contributed by atoms with E-state index in [9.17, 15) is 18.0 Å². The van der Waals surface area contributed by atoms with Gasteiger partial charge in [-0.05, 0) is 55.9 Å². The number of benzene rings is 1. The third-order valence-electron chi connectivity index (χ3n) is 5.31. The number of ether oxygens (including phenoxy) is 1. The molecule has 1 amide bonds. The van der Waals surface area contributed by atoms with E-state index in [1.54, 1.807) is 26.0 Å². The van der Waals surface area contributed by atoms with Crippen molar-refractivity contribution in [1.82, 2.24) is 10.0 Å². The van der Waals surface area contributed by atoms with Crippen molar-refractivity contribution >= 4 is 21.9 Å². The Bertz CT molecular complexity index is 829. The van der Waals surface area contributed by atoms with E-state index in [4.69, 9.17) is 4.74 Å². The van der Waals surface area contributed by atoms with Crippen LogP contribution in [0.3, 0.4) is 0 Å². The number of amides is 1. The maximum atomic E-state index is 12.7. The predicted octanol–water partition coefficient (Wildman–Crippen LogP) is 2.60. The molecule has 0 radical (unpaired) electrons. The van der Waals surface area contributed by atoms with E-state index in [0.717, 1.165) is 36.8 Å². The summed E-state index contributed by atoms with van der Waals surface area (Å²) in [6.45, 7) is 6.75. The molecule has 1 aliphatic rings. The highest BCUT2D eigenvalue weighted by Crippen LogP contribution is 2.18. The number of aryl methyl sites for hydroxylation is 2. The van der Waals surface area contributed by atoms with Crippen LogP contribution < -0.4 is 10.0 Å². The summed E-state index contributed by atoms with van der Waals surface area (Å²) in [6, 6.07) is 3.84. The molecule has 0 aromatic heterocycles. The fourth-order valence-corrected chi connectivity index (χ4v) is 4.73. The number of sulfonamides is 1. The van der Waals surface area contributed by atoms with Crippen LogP contribution >= 0.6 is 0 Å². The number of hydrogen-bond donors (Lipinski definition) is 2. The van der Waals surface area contributed by atoms with Crippen LogP contribution in [0, 0.1) is 19.8 Å². The van der Waals surface area contributed by atoms with E-state index >= 15 is 0 Å². The molecule has 0 spiro atoms. The van der Waals surface area contributed by atoms with E-state index in [2.05, 4.69) is 10.0 Å². The highest BCUT2D eigenvalue weighted by molar-refractivity contribution is 7.89. The van der Waals surface area contributed by atoms with Crippen molar-refractivity contribution in [2.24, 2.45) is 5.92 Å². The average Bonchev–Trinajstić information content (AvgIpc) is 2.67. The van der Waals surface area contributed by atoms with E-state index in [1.807, 2.05) is 13.8 Å². The largest absolute Gasteiger partial charge is 0.454 e. The first kappa shape index (κ1) is 23.3. The summed E-state index contributed by atoms with van der Waals surface area (Å²) in [5.74, 6) is -1.46. The molecule has 29 heavy (non-hydrogen) atoms. The zero-order chi connectivity index (χ0) is 21.6. The minimum atomic E-state index is -3.90. The molecule has 1 aliphatic carbocycles. The first-order chi connectivity index (χ1) is 13.6. The van der Waals surface area contributed by atoms with Gasteiger partial charge < -0.3 is 10.1 Å². The molecule has 1 fully saturated rings. The predicted molar refractivity (Wildman–Crippen MR) is 111 cm³/mol. The molecular formula is C21H32N2O5S. The Balaban J connectivity index is 1.97. The van der Waals surface area contributed by atoms with Crippen molar-refractivity contribution in [2.45, 2.75) is 76.8 Å². The van der Waals surface area contributed by atoms with Gasteiger partial charge in [0, 0.05) is 6.04 Å². The smallest absolute Gasteiger partial charge is 0.324 e. The maximum absolute atomic E-state index is 12.7. The normalized spacial score (nSPS) is 16.4. The van der Waals surface area contributed by atoms with Crippen LogP contribution in [0.15, 0.2) is 23.1 Å². The second-order valence-electron chi connectivity index (χ2n) is 8.10. The average molecular weight is 425 g/mol. The molecule has 1 aromatic rings. The molecule has 0 bridgehead atoms. The molecular weight excluding hydrogens is 392 g/mol. The first-order valence-electron chi connectivity index (χ1n) is 10.2. The minimum Gasteiger partial charge on any atom is -0.454 e.